The van der Waals surface area contributed by atoms with E-state index in [1.165, 1.54) is 16.7 Å². The van der Waals surface area contributed by atoms with E-state index >= 15 is 0 Å². The first-order valence-electron chi connectivity index (χ1n) is 13.0. The number of nitrogens with zero attached hydrogens (tertiary/aromatic N) is 2. The standard InChI is InChI=1S/C31H31N3O4S/c1-39-20-17-31(30(37)38)26-25(28(35)34(29(26)36)19-16-24-9-5-6-18-32-24)27(33-31)23-14-12-22(13-15-23)11-10-21-7-3-2-4-8-21/h2-15,18,25-27,33H,16-17,19-20H2,1H3,(H,37,38)/b11-10+. The topological polar surface area (TPSA) is 99.6 Å². The number of hydrogen-bond acceptors (Lipinski definition) is 6. The summed E-state index contributed by atoms with van der Waals surface area (Å²) >= 11 is 1.52. The summed E-state index contributed by atoms with van der Waals surface area (Å²) in [6, 6.07) is 22.7. The van der Waals surface area contributed by atoms with Gasteiger partial charge in [-0.1, -0.05) is 72.8 Å². The zero-order chi connectivity index (χ0) is 27.4. The second kappa shape index (κ2) is 11.6. The van der Waals surface area contributed by atoms with Crippen LogP contribution in [0, 0.1) is 11.8 Å². The first-order chi connectivity index (χ1) is 18.9. The lowest BCUT2D eigenvalue weighted by Crippen LogP contribution is -2.56. The average molecular weight is 542 g/mol. The maximum absolute atomic E-state index is 13.7. The van der Waals surface area contributed by atoms with E-state index < -0.39 is 35.3 Å². The molecule has 2 saturated heterocycles. The lowest BCUT2D eigenvalue weighted by molar-refractivity contribution is -0.151. The summed E-state index contributed by atoms with van der Waals surface area (Å²) in [5.41, 5.74) is 2.12. The fourth-order valence-electron chi connectivity index (χ4n) is 5.71. The Kier molecular flexibility index (Phi) is 7.95. The van der Waals surface area contributed by atoms with Crippen LogP contribution >= 0.6 is 11.8 Å². The van der Waals surface area contributed by atoms with Gasteiger partial charge in [-0.2, -0.15) is 11.8 Å². The molecule has 1 aromatic heterocycles. The number of benzene rings is 2. The molecule has 2 amide bonds. The van der Waals surface area contributed by atoms with Gasteiger partial charge in [0.25, 0.3) is 0 Å². The van der Waals surface area contributed by atoms with Crippen molar-refractivity contribution in [2.45, 2.75) is 24.4 Å². The molecule has 2 aliphatic rings. The zero-order valence-corrected chi connectivity index (χ0v) is 22.5. The van der Waals surface area contributed by atoms with Crippen molar-refractivity contribution in [2.75, 3.05) is 18.6 Å². The molecule has 0 saturated carbocycles. The highest BCUT2D eigenvalue weighted by Gasteiger charge is 2.68. The molecule has 4 atom stereocenters. The minimum Gasteiger partial charge on any atom is -0.480 e. The highest BCUT2D eigenvalue weighted by molar-refractivity contribution is 7.98. The van der Waals surface area contributed by atoms with Crippen molar-refractivity contribution in [1.82, 2.24) is 15.2 Å². The van der Waals surface area contributed by atoms with E-state index in [1.54, 1.807) is 6.20 Å². The number of likely N-dealkylation sites (tertiary alicyclic amines) is 1. The quantitative estimate of drug-likeness (QED) is 0.291. The third-order valence-corrected chi connectivity index (χ3v) is 8.32. The van der Waals surface area contributed by atoms with Crippen LogP contribution < -0.4 is 5.32 Å². The van der Waals surface area contributed by atoms with Gasteiger partial charge < -0.3 is 5.11 Å². The van der Waals surface area contributed by atoms with Crippen molar-refractivity contribution >= 4 is 41.7 Å². The predicted molar refractivity (Wildman–Crippen MR) is 153 cm³/mol. The fraction of sp³-hybridized carbons (Fsp3) is 0.290. The Morgan fingerprint density at radius 2 is 1.69 bits per heavy atom. The number of thioether (sulfide) groups is 1. The predicted octanol–water partition coefficient (Wildman–Crippen LogP) is 4.32. The number of carboxylic acids is 1. The van der Waals surface area contributed by atoms with E-state index in [2.05, 4.69) is 10.3 Å². The molecule has 0 spiro atoms. The van der Waals surface area contributed by atoms with Gasteiger partial charge in [0.1, 0.15) is 5.54 Å². The minimum absolute atomic E-state index is 0.176. The van der Waals surface area contributed by atoms with Crippen molar-refractivity contribution in [3.63, 3.8) is 0 Å². The zero-order valence-electron chi connectivity index (χ0n) is 21.7. The number of hydrogen-bond donors (Lipinski definition) is 2. The molecular weight excluding hydrogens is 510 g/mol. The summed E-state index contributed by atoms with van der Waals surface area (Å²) in [4.78, 5) is 45.8. The van der Waals surface area contributed by atoms with E-state index in [0.717, 1.165) is 22.4 Å². The lowest BCUT2D eigenvalue weighted by atomic mass is 9.78. The first-order valence-corrected chi connectivity index (χ1v) is 14.4. The SMILES string of the molecule is CSCCC1(C(=O)O)NC(c2ccc(/C=C/c3ccccc3)cc2)C2C(=O)N(CCc3ccccn3)C(=O)C21. The summed E-state index contributed by atoms with van der Waals surface area (Å²) in [5, 5.41) is 13.7. The Morgan fingerprint density at radius 1 is 1.00 bits per heavy atom. The molecule has 3 aromatic rings. The molecule has 2 aliphatic heterocycles. The summed E-state index contributed by atoms with van der Waals surface area (Å²) in [6.07, 6.45) is 8.27. The van der Waals surface area contributed by atoms with Crippen LogP contribution in [-0.4, -0.2) is 56.9 Å². The van der Waals surface area contributed by atoms with Crippen LogP contribution in [0.1, 0.15) is 34.8 Å². The number of nitrogens with one attached hydrogen (secondary N) is 1. The van der Waals surface area contributed by atoms with Crippen LogP contribution in [0.4, 0.5) is 0 Å². The average Bonchev–Trinajstić information content (AvgIpc) is 3.44. The largest absolute Gasteiger partial charge is 0.480 e. The molecule has 2 N–H and O–H groups in total. The number of rotatable bonds is 10. The van der Waals surface area contributed by atoms with Crippen molar-refractivity contribution in [3.8, 4) is 0 Å². The molecule has 8 heteroatoms. The van der Waals surface area contributed by atoms with Crippen molar-refractivity contribution in [1.29, 1.82) is 0 Å². The molecule has 4 unspecified atom stereocenters. The van der Waals surface area contributed by atoms with E-state index in [0.29, 0.717) is 12.2 Å². The minimum atomic E-state index is -1.52. The van der Waals surface area contributed by atoms with Crippen LogP contribution in [0.15, 0.2) is 79.0 Å². The van der Waals surface area contributed by atoms with Crippen molar-refractivity contribution in [2.24, 2.45) is 11.8 Å². The number of aliphatic carboxylic acids is 1. The molecule has 0 aliphatic carbocycles. The number of fused-ring (bicyclic) bond motifs is 1. The first kappa shape index (κ1) is 26.8. The van der Waals surface area contributed by atoms with Gasteiger partial charge in [0.05, 0.1) is 11.8 Å². The van der Waals surface area contributed by atoms with Gasteiger partial charge in [-0.3, -0.25) is 29.6 Å². The number of carbonyl (C=O) groups is 3. The van der Waals surface area contributed by atoms with Gasteiger partial charge in [-0.05, 0) is 47.3 Å². The number of imide groups is 1. The van der Waals surface area contributed by atoms with Crippen LogP contribution in [0.5, 0.6) is 0 Å². The smallest absolute Gasteiger partial charge is 0.324 e. The molecular formula is C31H31N3O4S. The fourth-order valence-corrected chi connectivity index (χ4v) is 6.23. The molecule has 7 nitrogen and oxygen atoms in total. The molecule has 3 heterocycles. The summed E-state index contributed by atoms with van der Waals surface area (Å²) in [6.45, 7) is 0.176. The molecule has 5 rings (SSSR count). The van der Waals surface area contributed by atoms with Crippen LogP contribution in [0.3, 0.4) is 0 Å². The van der Waals surface area contributed by atoms with Crippen molar-refractivity contribution in [3.05, 3.63) is 101 Å². The van der Waals surface area contributed by atoms with Gasteiger partial charge >= 0.3 is 5.97 Å². The molecule has 39 heavy (non-hydrogen) atoms. The van der Waals surface area contributed by atoms with Crippen LogP contribution in [0.25, 0.3) is 12.2 Å². The van der Waals surface area contributed by atoms with E-state index in [9.17, 15) is 19.5 Å². The monoisotopic (exact) mass is 541 g/mol. The highest BCUT2D eigenvalue weighted by Crippen LogP contribution is 2.50. The number of carbonyl (C=O) groups excluding carboxylic acids is 2. The summed E-state index contributed by atoms with van der Waals surface area (Å²) in [7, 11) is 0. The maximum atomic E-state index is 13.7. The van der Waals surface area contributed by atoms with Crippen molar-refractivity contribution < 1.29 is 19.5 Å². The molecule has 2 aromatic carbocycles. The van der Waals surface area contributed by atoms with E-state index in [-0.39, 0.29) is 18.9 Å². The Bertz CT molecular complexity index is 1360. The third kappa shape index (κ3) is 5.27. The number of amides is 2. The van der Waals surface area contributed by atoms with Crippen LogP contribution in [0.2, 0.25) is 0 Å². The van der Waals surface area contributed by atoms with E-state index in [1.807, 2.05) is 91.2 Å². The van der Waals surface area contributed by atoms with Gasteiger partial charge in [0, 0.05) is 30.9 Å². The van der Waals surface area contributed by atoms with E-state index in [4.69, 9.17) is 0 Å². The normalized spacial score (nSPS) is 24.4. The van der Waals surface area contributed by atoms with Gasteiger partial charge in [0.15, 0.2) is 0 Å². The summed E-state index contributed by atoms with van der Waals surface area (Å²) in [5.74, 6) is -3.04. The Balaban J connectivity index is 1.44. The second-order valence-corrected chi connectivity index (χ2v) is 10.9. The van der Waals surface area contributed by atoms with Gasteiger partial charge in [-0.15, -0.1) is 0 Å². The maximum Gasteiger partial charge on any atom is 0.324 e. The summed E-state index contributed by atoms with van der Waals surface area (Å²) < 4.78 is 0. The Hall–Kier alpha value is -3.75. The van der Waals surface area contributed by atoms with Gasteiger partial charge in [-0.25, -0.2) is 0 Å². The lowest BCUT2D eigenvalue weighted by Gasteiger charge is -2.31. The number of aromatic nitrogens is 1. The number of pyridine rings is 1. The third-order valence-electron chi connectivity index (χ3n) is 7.71. The molecule has 2 fully saturated rings. The number of carboxylic acid groups (broad SMARTS) is 1. The highest BCUT2D eigenvalue weighted by atomic mass is 32.2. The second-order valence-electron chi connectivity index (χ2n) is 9.95. The molecule has 0 bridgehead atoms. The Morgan fingerprint density at radius 3 is 2.33 bits per heavy atom. The van der Waals surface area contributed by atoms with Crippen LogP contribution in [-0.2, 0) is 20.8 Å². The molecule has 200 valence electrons. The molecule has 0 radical (unpaired) electrons. The Labute approximate surface area is 232 Å². The van der Waals surface area contributed by atoms with Gasteiger partial charge in [0.2, 0.25) is 11.8 Å².